The zero-order valence-corrected chi connectivity index (χ0v) is 26.9. The quantitative estimate of drug-likeness (QED) is 0.183. The second-order valence-electron chi connectivity index (χ2n) is 11.2. The first kappa shape index (κ1) is 31.8. The topological polar surface area (TPSA) is 106 Å². The van der Waals surface area contributed by atoms with E-state index in [9.17, 15) is 14.0 Å². The standard InChI is InChI=1S/C31H37ClFN7O4S/c1-3-38-19-34-15-24(38)29(41)28-23(35-31-40(28)17-25(45-31)30(42)43-4-2)16-37-10-12-39(13-11-37)26-6-5-7-27(36-26)44-18-20-8-9-21(32)14-22(20)33/h8-9,14-15,17,19,26-27,36H,3-7,10-13,16,18H2,1-2H3. The highest BCUT2D eigenvalue weighted by atomic mass is 35.5. The van der Waals surface area contributed by atoms with Crippen molar-refractivity contribution in [3.63, 3.8) is 0 Å². The van der Waals surface area contributed by atoms with Gasteiger partial charge in [0, 0.05) is 56.1 Å². The molecule has 3 aromatic heterocycles. The number of ether oxygens (including phenoxy) is 2. The normalized spacial score (nSPS) is 19.7. The van der Waals surface area contributed by atoms with Gasteiger partial charge in [0.15, 0.2) is 4.96 Å². The summed E-state index contributed by atoms with van der Waals surface area (Å²) in [6.45, 7) is 8.59. The lowest BCUT2D eigenvalue weighted by Gasteiger charge is -2.42. The summed E-state index contributed by atoms with van der Waals surface area (Å²) in [5, 5.41) is 3.98. The van der Waals surface area contributed by atoms with Crippen LogP contribution in [-0.4, -0.2) is 85.7 Å². The number of nitrogens with one attached hydrogen (secondary N) is 1. The van der Waals surface area contributed by atoms with Crippen molar-refractivity contribution in [1.82, 2.24) is 34.1 Å². The van der Waals surface area contributed by atoms with Crippen molar-refractivity contribution < 1.29 is 23.5 Å². The SMILES string of the molecule is CCOC(=O)c1cn2c(C(=O)c3cncn3CC)c(CN3CCN(C4CCCC(OCc5ccc(Cl)cc5F)N4)CC3)nc2s1. The highest BCUT2D eigenvalue weighted by Crippen LogP contribution is 2.27. The molecule has 0 saturated carbocycles. The molecule has 240 valence electrons. The first-order valence-electron chi connectivity index (χ1n) is 15.3. The molecule has 1 aromatic carbocycles. The van der Waals surface area contributed by atoms with E-state index in [-0.39, 0.29) is 37.2 Å². The van der Waals surface area contributed by atoms with Gasteiger partial charge in [-0.1, -0.05) is 29.0 Å². The average Bonchev–Trinajstić information content (AvgIpc) is 3.76. The van der Waals surface area contributed by atoms with Gasteiger partial charge in [0.25, 0.3) is 0 Å². The van der Waals surface area contributed by atoms with Crippen molar-refractivity contribution in [3.05, 3.63) is 75.3 Å². The second kappa shape index (κ2) is 14.1. The fraction of sp³-hybridized carbons (Fsp3) is 0.484. The monoisotopic (exact) mass is 657 g/mol. The van der Waals surface area contributed by atoms with Gasteiger partial charge in [-0.2, -0.15) is 0 Å². The van der Waals surface area contributed by atoms with Crippen molar-refractivity contribution in [3.8, 4) is 0 Å². The molecule has 4 aromatic rings. The molecule has 45 heavy (non-hydrogen) atoms. The number of halogens is 2. The third-order valence-corrected chi connectivity index (χ3v) is 9.57. The maximum Gasteiger partial charge on any atom is 0.349 e. The predicted molar refractivity (Wildman–Crippen MR) is 168 cm³/mol. The molecule has 1 N–H and O–H groups in total. The summed E-state index contributed by atoms with van der Waals surface area (Å²) in [4.78, 5) is 41.1. The number of piperazine rings is 1. The van der Waals surface area contributed by atoms with Crippen LogP contribution in [0.2, 0.25) is 5.02 Å². The summed E-state index contributed by atoms with van der Waals surface area (Å²) < 4.78 is 29.0. The van der Waals surface area contributed by atoms with E-state index in [0.717, 1.165) is 45.4 Å². The van der Waals surface area contributed by atoms with E-state index < -0.39 is 5.97 Å². The van der Waals surface area contributed by atoms with Crippen molar-refractivity contribution in [2.24, 2.45) is 0 Å². The first-order valence-corrected chi connectivity index (χ1v) is 16.5. The number of esters is 1. The molecule has 2 unspecified atom stereocenters. The van der Waals surface area contributed by atoms with Gasteiger partial charge >= 0.3 is 5.97 Å². The summed E-state index contributed by atoms with van der Waals surface area (Å²) >= 11 is 7.10. The summed E-state index contributed by atoms with van der Waals surface area (Å²) in [6, 6.07) is 4.65. The Morgan fingerprint density at radius 2 is 2.00 bits per heavy atom. The lowest BCUT2D eigenvalue weighted by molar-refractivity contribution is -0.0458. The molecule has 0 amide bonds. The number of nitrogens with zero attached hydrogens (tertiary/aromatic N) is 6. The molecule has 2 fully saturated rings. The number of rotatable bonds is 11. The van der Waals surface area contributed by atoms with E-state index in [1.54, 1.807) is 42.2 Å². The molecular formula is C31H37ClFN7O4S. The third-order valence-electron chi connectivity index (χ3n) is 8.37. The lowest BCUT2D eigenvalue weighted by Crippen LogP contribution is -2.58. The van der Waals surface area contributed by atoms with Crippen LogP contribution in [0, 0.1) is 5.82 Å². The number of imidazole rings is 2. The van der Waals surface area contributed by atoms with Crippen LogP contribution in [0.3, 0.4) is 0 Å². The summed E-state index contributed by atoms with van der Waals surface area (Å²) in [5.41, 5.74) is 2.09. The van der Waals surface area contributed by atoms with Gasteiger partial charge in [-0.05, 0) is 45.2 Å². The smallest absolute Gasteiger partial charge is 0.349 e. The minimum atomic E-state index is -0.427. The van der Waals surface area contributed by atoms with Gasteiger partial charge in [-0.3, -0.25) is 24.3 Å². The predicted octanol–water partition coefficient (Wildman–Crippen LogP) is 4.57. The minimum absolute atomic E-state index is 0.153. The van der Waals surface area contributed by atoms with E-state index in [0.29, 0.717) is 50.6 Å². The molecule has 2 aliphatic rings. The molecule has 2 atom stereocenters. The van der Waals surface area contributed by atoms with E-state index in [1.807, 2.05) is 11.5 Å². The molecule has 14 heteroatoms. The van der Waals surface area contributed by atoms with Crippen LogP contribution in [0.1, 0.15) is 70.2 Å². The highest BCUT2D eigenvalue weighted by Gasteiger charge is 2.31. The second-order valence-corrected chi connectivity index (χ2v) is 12.7. The van der Waals surface area contributed by atoms with Crippen LogP contribution in [0.25, 0.3) is 4.96 Å². The summed E-state index contributed by atoms with van der Waals surface area (Å²) in [7, 11) is 0. The number of hydrogen-bond acceptors (Lipinski definition) is 10. The number of piperidine rings is 1. The van der Waals surface area contributed by atoms with Gasteiger partial charge in [0.2, 0.25) is 5.78 Å². The molecule has 2 aliphatic heterocycles. The molecule has 5 heterocycles. The van der Waals surface area contributed by atoms with E-state index in [4.69, 9.17) is 26.1 Å². The molecule has 2 saturated heterocycles. The Balaban J connectivity index is 1.11. The van der Waals surface area contributed by atoms with Crippen LogP contribution >= 0.6 is 22.9 Å². The fourth-order valence-corrected chi connectivity index (χ4v) is 7.05. The number of ketones is 1. The number of hydrogen-bond donors (Lipinski definition) is 1. The Kier molecular flexibility index (Phi) is 9.93. The maximum absolute atomic E-state index is 14.2. The van der Waals surface area contributed by atoms with Crippen molar-refractivity contribution >= 4 is 39.7 Å². The Labute approximate surface area is 269 Å². The van der Waals surface area contributed by atoms with Crippen molar-refractivity contribution in [1.29, 1.82) is 0 Å². The third kappa shape index (κ3) is 6.98. The Hall–Kier alpha value is -3.20. The largest absolute Gasteiger partial charge is 0.462 e. The highest BCUT2D eigenvalue weighted by molar-refractivity contribution is 7.18. The first-order chi connectivity index (χ1) is 21.8. The number of carbonyl (C=O) groups is 2. The van der Waals surface area contributed by atoms with Crippen LogP contribution in [0.5, 0.6) is 0 Å². The van der Waals surface area contributed by atoms with E-state index >= 15 is 0 Å². The lowest BCUT2D eigenvalue weighted by atomic mass is 10.1. The van der Waals surface area contributed by atoms with Gasteiger partial charge < -0.3 is 14.0 Å². The Morgan fingerprint density at radius 3 is 2.76 bits per heavy atom. The number of aryl methyl sites for hydroxylation is 1. The van der Waals surface area contributed by atoms with Crippen molar-refractivity contribution in [2.45, 2.75) is 65.2 Å². The summed E-state index contributed by atoms with van der Waals surface area (Å²) in [5.74, 6) is -0.966. The zero-order chi connectivity index (χ0) is 31.5. The van der Waals surface area contributed by atoms with Crippen LogP contribution in [0.4, 0.5) is 4.39 Å². The van der Waals surface area contributed by atoms with E-state index in [1.165, 1.54) is 17.4 Å². The number of benzene rings is 1. The Morgan fingerprint density at radius 1 is 1.18 bits per heavy atom. The molecule has 0 aliphatic carbocycles. The number of fused-ring (bicyclic) bond motifs is 1. The van der Waals surface area contributed by atoms with Gasteiger partial charge in [-0.25, -0.2) is 19.2 Å². The molecule has 0 radical (unpaired) electrons. The minimum Gasteiger partial charge on any atom is -0.462 e. The van der Waals surface area contributed by atoms with Crippen molar-refractivity contribution in [2.75, 3.05) is 32.8 Å². The molecular weight excluding hydrogens is 621 g/mol. The molecule has 0 bridgehead atoms. The summed E-state index contributed by atoms with van der Waals surface area (Å²) in [6.07, 6.45) is 7.80. The molecule has 0 spiro atoms. The number of aromatic nitrogens is 4. The maximum atomic E-state index is 14.2. The number of carbonyl (C=O) groups excluding carboxylic acids is 2. The molecule has 6 rings (SSSR count). The number of thiazole rings is 1. The fourth-order valence-electron chi connectivity index (χ4n) is 5.99. The van der Waals surface area contributed by atoms with E-state index in [2.05, 4.69) is 20.1 Å². The zero-order valence-electron chi connectivity index (χ0n) is 25.4. The van der Waals surface area contributed by atoms with Crippen LogP contribution in [-0.2, 0) is 29.2 Å². The Bertz CT molecular complexity index is 1660. The van der Waals surface area contributed by atoms with Gasteiger partial charge in [0.05, 0.1) is 37.6 Å². The van der Waals surface area contributed by atoms with Gasteiger partial charge in [0.1, 0.15) is 28.3 Å². The van der Waals surface area contributed by atoms with Crippen LogP contribution < -0.4 is 5.32 Å². The van der Waals surface area contributed by atoms with Crippen LogP contribution in [0.15, 0.2) is 36.9 Å². The average molecular weight is 658 g/mol. The molecule has 11 nitrogen and oxygen atoms in total. The van der Waals surface area contributed by atoms with Gasteiger partial charge in [-0.15, -0.1) is 0 Å².